The van der Waals surface area contributed by atoms with Crippen LogP contribution in [0.3, 0.4) is 0 Å². The van der Waals surface area contributed by atoms with Gasteiger partial charge in [-0.05, 0) is 86.5 Å². The molecule has 4 aromatic rings. The molecular formula is C43H50FN11O5. The monoisotopic (exact) mass is 819 g/mol. The molecule has 0 bridgehead atoms. The van der Waals surface area contributed by atoms with Gasteiger partial charge in [-0.1, -0.05) is 18.9 Å². The van der Waals surface area contributed by atoms with Gasteiger partial charge in [0.05, 0.1) is 18.4 Å². The second kappa shape index (κ2) is 16.2. The number of halogens is 1. The molecule has 1 atom stereocenters. The van der Waals surface area contributed by atoms with Gasteiger partial charge in [-0.25, -0.2) is 14.4 Å². The summed E-state index contributed by atoms with van der Waals surface area (Å²) in [5.41, 5.74) is 3.87. The van der Waals surface area contributed by atoms with Gasteiger partial charge in [-0.3, -0.25) is 34.2 Å². The van der Waals surface area contributed by atoms with Crippen molar-refractivity contribution >= 4 is 58.0 Å². The van der Waals surface area contributed by atoms with Crippen LogP contribution in [-0.4, -0.2) is 135 Å². The van der Waals surface area contributed by atoms with Crippen LogP contribution in [0.5, 0.6) is 0 Å². The predicted octanol–water partition coefficient (Wildman–Crippen LogP) is 3.82. The molecule has 2 N–H and O–H groups in total. The highest BCUT2D eigenvalue weighted by molar-refractivity contribution is 6.05. The molecule has 1 saturated carbocycles. The summed E-state index contributed by atoms with van der Waals surface area (Å²) in [6, 6.07) is 8.34. The lowest BCUT2D eigenvalue weighted by atomic mass is 9.87. The van der Waals surface area contributed by atoms with E-state index >= 15 is 4.39 Å². The van der Waals surface area contributed by atoms with E-state index < -0.39 is 17.8 Å². The molecule has 5 amide bonds. The molecule has 16 nitrogen and oxygen atoms in total. The zero-order valence-electron chi connectivity index (χ0n) is 34.0. The summed E-state index contributed by atoms with van der Waals surface area (Å²) in [7, 11) is 3.52. The number of hydrogen-bond acceptors (Lipinski definition) is 11. The van der Waals surface area contributed by atoms with Gasteiger partial charge >= 0.3 is 0 Å². The number of imide groups is 1. The Labute approximate surface area is 347 Å². The fraction of sp³-hybridized carbons (Fsp3) is 0.488. The van der Waals surface area contributed by atoms with Gasteiger partial charge in [-0.2, -0.15) is 4.98 Å². The van der Waals surface area contributed by atoms with E-state index in [2.05, 4.69) is 35.0 Å². The summed E-state index contributed by atoms with van der Waals surface area (Å²) in [4.78, 5) is 87.0. The molecular weight excluding hydrogens is 770 g/mol. The van der Waals surface area contributed by atoms with Gasteiger partial charge in [0.25, 0.3) is 11.8 Å². The number of carbonyl (C=O) groups is 5. The van der Waals surface area contributed by atoms with E-state index in [0.29, 0.717) is 87.2 Å². The van der Waals surface area contributed by atoms with E-state index in [-0.39, 0.29) is 60.5 Å². The number of hydrogen-bond donors (Lipinski definition) is 2. The standard InChI is InChI=1S/C43H50FN11O5/c1-50(2)42(60)35-20-27-22-46-43(49-39(27)55(35)29-5-3-4-6-29)47-36-9-7-30(23-45-36)52-15-17-53(18-16-52)38(57)25-51-13-11-26(12-14-51)31-19-28-24-54(41(59)32(28)21-33(31)44)34-8-10-37(56)48-40(34)58/h7,9,19-23,26,29,34H,3-6,8,10-18,24-25H2,1-2H3,(H,48,56,58)(H,45,46,47,49). The fourth-order valence-electron chi connectivity index (χ4n) is 9.58. The highest BCUT2D eigenvalue weighted by Crippen LogP contribution is 2.37. The SMILES string of the molecule is CN(C)C(=O)c1cc2cnc(Nc3ccc(N4CCN(C(=O)CN5CCC(c6cc7c(cc6F)C(=O)N(C6CCC(=O)NC6=O)C7)CC5)CC4)cn3)nc2n1C1CCCC1. The first kappa shape index (κ1) is 39.5. The lowest BCUT2D eigenvalue weighted by Gasteiger charge is -2.38. The number of benzene rings is 1. The summed E-state index contributed by atoms with van der Waals surface area (Å²) in [6.07, 6.45) is 9.65. The van der Waals surface area contributed by atoms with E-state index in [9.17, 15) is 24.0 Å². The zero-order chi connectivity index (χ0) is 41.7. The van der Waals surface area contributed by atoms with Gasteiger partial charge in [0.15, 0.2) is 0 Å². The Hall–Kier alpha value is -5.97. The lowest BCUT2D eigenvalue weighted by molar-refractivity contribution is -0.137. The first-order valence-electron chi connectivity index (χ1n) is 21.1. The molecule has 1 aliphatic carbocycles. The lowest BCUT2D eigenvalue weighted by Crippen LogP contribution is -2.52. The van der Waals surface area contributed by atoms with Crippen molar-refractivity contribution in [1.29, 1.82) is 0 Å². The molecule has 5 aliphatic rings. The predicted molar refractivity (Wildman–Crippen MR) is 220 cm³/mol. The Kier molecular flexibility index (Phi) is 10.7. The maximum Gasteiger partial charge on any atom is 0.270 e. The van der Waals surface area contributed by atoms with Gasteiger partial charge in [0, 0.05) is 76.4 Å². The zero-order valence-corrected chi connectivity index (χ0v) is 34.0. The molecule has 314 valence electrons. The first-order valence-corrected chi connectivity index (χ1v) is 21.1. The Morgan fingerprint density at radius 2 is 1.68 bits per heavy atom. The van der Waals surface area contributed by atoms with Crippen LogP contribution < -0.4 is 15.5 Å². The number of rotatable bonds is 9. The van der Waals surface area contributed by atoms with E-state index in [1.165, 1.54) is 11.0 Å². The summed E-state index contributed by atoms with van der Waals surface area (Å²) in [5, 5.41) is 6.37. The van der Waals surface area contributed by atoms with Crippen LogP contribution in [0.2, 0.25) is 0 Å². The molecule has 17 heteroatoms. The van der Waals surface area contributed by atoms with Crippen molar-refractivity contribution < 1.29 is 28.4 Å². The average Bonchev–Trinajstić information content (AvgIpc) is 3.99. The van der Waals surface area contributed by atoms with Crippen molar-refractivity contribution in [3.63, 3.8) is 0 Å². The molecule has 0 spiro atoms. The largest absolute Gasteiger partial charge is 0.367 e. The van der Waals surface area contributed by atoms with Crippen molar-refractivity contribution in [2.75, 3.05) is 70.1 Å². The van der Waals surface area contributed by atoms with E-state index in [1.807, 2.05) is 29.3 Å². The number of nitrogens with zero attached hydrogens (tertiary/aromatic N) is 9. The second-order valence-corrected chi connectivity index (χ2v) is 16.9. The molecule has 4 fully saturated rings. The number of piperidine rings is 2. The third kappa shape index (κ3) is 7.66. The average molecular weight is 820 g/mol. The Bertz CT molecular complexity index is 2340. The summed E-state index contributed by atoms with van der Waals surface area (Å²) in [6.45, 7) is 4.37. The Balaban J connectivity index is 0.757. The van der Waals surface area contributed by atoms with E-state index in [0.717, 1.165) is 42.4 Å². The van der Waals surface area contributed by atoms with Crippen LogP contribution in [0.25, 0.3) is 11.0 Å². The molecule has 0 radical (unpaired) electrons. The number of anilines is 3. The van der Waals surface area contributed by atoms with Crippen molar-refractivity contribution in [3.8, 4) is 0 Å². The number of piperazine rings is 1. The van der Waals surface area contributed by atoms with Crippen LogP contribution in [0.1, 0.15) is 95.3 Å². The first-order chi connectivity index (χ1) is 29.0. The van der Waals surface area contributed by atoms with Crippen LogP contribution in [0, 0.1) is 5.82 Å². The Morgan fingerprint density at radius 3 is 2.38 bits per heavy atom. The van der Waals surface area contributed by atoms with Crippen LogP contribution in [0.15, 0.2) is 42.7 Å². The number of fused-ring (bicyclic) bond motifs is 2. The number of amides is 5. The van der Waals surface area contributed by atoms with Crippen molar-refractivity contribution in [2.24, 2.45) is 0 Å². The molecule has 3 saturated heterocycles. The smallest absolute Gasteiger partial charge is 0.270 e. The van der Waals surface area contributed by atoms with Crippen LogP contribution in [0.4, 0.5) is 21.8 Å². The van der Waals surface area contributed by atoms with Crippen molar-refractivity contribution in [2.45, 2.75) is 75.9 Å². The third-order valence-electron chi connectivity index (χ3n) is 12.9. The minimum absolute atomic E-state index is 0.0430. The normalized spacial score (nSPS) is 20.6. The summed E-state index contributed by atoms with van der Waals surface area (Å²) < 4.78 is 17.6. The highest BCUT2D eigenvalue weighted by Gasteiger charge is 2.40. The molecule has 3 aromatic heterocycles. The maximum absolute atomic E-state index is 15.5. The number of pyridine rings is 1. The maximum atomic E-state index is 15.5. The number of aromatic nitrogens is 4. The quantitative estimate of drug-likeness (QED) is 0.236. The highest BCUT2D eigenvalue weighted by atomic mass is 19.1. The minimum Gasteiger partial charge on any atom is -0.367 e. The molecule has 4 aliphatic heterocycles. The topological polar surface area (TPSA) is 169 Å². The van der Waals surface area contributed by atoms with E-state index in [1.54, 1.807) is 31.3 Å². The number of carbonyl (C=O) groups excluding carboxylic acids is 5. The molecule has 60 heavy (non-hydrogen) atoms. The number of likely N-dealkylation sites (tertiary alicyclic amines) is 1. The van der Waals surface area contributed by atoms with Gasteiger partial charge in [0.2, 0.25) is 23.7 Å². The summed E-state index contributed by atoms with van der Waals surface area (Å²) >= 11 is 0. The van der Waals surface area contributed by atoms with Gasteiger partial charge in [-0.15, -0.1) is 0 Å². The minimum atomic E-state index is -0.744. The van der Waals surface area contributed by atoms with Gasteiger partial charge < -0.3 is 29.5 Å². The van der Waals surface area contributed by atoms with E-state index in [4.69, 9.17) is 4.98 Å². The van der Waals surface area contributed by atoms with Crippen molar-refractivity contribution in [1.82, 2.24) is 44.4 Å². The van der Waals surface area contributed by atoms with Crippen molar-refractivity contribution in [3.05, 3.63) is 70.9 Å². The molecule has 7 heterocycles. The fourth-order valence-corrected chi connectivity index (χ4v) is 9.58. The van der Waals surface area contributed by atoms with Gasteiger partial charge in [0.1, 0.15) is 29.0 Å². The molecule has 1 aromatic carbocycles. The Morgan fingerprint density at radius 1 is 0.917 bits per heavy atom. The van der Waals surface area contributed by atoms with Crippen LogP contribution >= 0.6 is 0 Å². The van der Waals surface area contributed by atoms with Crippen LogP contribution in [-0.2, 0) is 20.9 Å². The molecule has 9 rings (SSSR count). The third-order valence-corrected chi connectivity index (χ3v) is 12.9. The molecule has 1 unspecified atom stereocenters. The summed E-state index contributed by atoms with van der Waals surface area (Å²) in [5.74, 6) is -0.652. The number of nitrogens with one attached hydrogen (secondary N) is 2. The second-order valence-electron chi connectivity index (χ2n) is 16.9.